The molecule has 1 aliphatic carbocycles. The van der Waals surface area contributed by atoms with Gasteiger partial charge in [-0.2, -0.15) is 0 Å². The van der Waals surface area contributed by atoms with Gasteiger partial charge in [0.2, 0.25) is 0 Å². The number of hydrogen-bond donors (Lipinski definition) is 0. The van der Waals surface area contributed by atoms with Gasteiger partial charge in [0.1, 0.15) is 11.3 Å². The van der Waals surface area contributed by atoms with Crippen molar-refractivity contribution in [3.05, 3.63) is 29.7 Å². The van der Waals surface area contributed by atoms with E-state index in [0.717, 1.165) is 12.8 Å². The van der Waals surface area contributed by atoms with Crippen LogP contribution in [0.5, 0.6) is 0 Å². The monoisotopic (exact) mass is 248 g/mol. The summed E-state index contributed by atoms with van der Waals surface area (Å²) in [6.45, 7) is 0. The van der Waals surface area contributed by atoms with E-state index < -0.39 is 17.7 Å². The van der Waals surface area contributed by atoms with Crippen molar-refractivity contribution in [2.75, 3.05) is 0 Å². The summed E-state index contributed by atoms with van der Waals surface area (Å²) < 4.78 is 15.6. The second-order valence-corrected chi connectivity index (χ2v) is 4.47. The Morgan fingerprint density at radius 3 is 2.33 bits per heavy atom. The van der Waals surface area contributed by atoms with Crippen LogP contribution >= 0.6 is 0 Å². The number of furan rings is 1. The van der Waals surface area contributed by atoms with E-state index in [1.54, 1.807) is 12.1 Å². The summed E-state index contributed by atoms with van der Waals surface area (Å²) in [5, 5.41) is 0. The quantitative estimate of drug-likeness (QED) is 0.432. The first-order valence-corrected chi connectivity index (χ1v) is 5.90. The minimum atomic E-state index is -1.02. The van der Waals surface area contributed by atoms with E-state index in [1.165, 1.54) is 12.3 Å². The molecule has 1 aromatic rings. The van der Waals surface area contributed by atoms with E-state index >= 15 is 0 Å². The smallest absolute Gasteiger partial charge is 0.349 e. The van der Waals surface area contributed by atoms with E-state index in [4.69, 9.17) is 13.9 Å². The molecule has 0 atom stereocenters. The van der Waals surface area contributed by atoms with Crippen molar-refractivity contribution in [3.63, 3.8) is 0 Å². The fraction of sp³-hybridized carbons (Fsp3) is 0.385. The lowest BCUT2D eigenvalue weighted by Gasteiger charge is -2.32. The van der Waals surface area contributed by atoms with Gasteiger partial charge < -0.3 is 13.9 Å². The standard InChI is InChI=1S/C13H12O5/c14-11-10(8-9-4-3-7-16-9)12(15)18-13(17-11)5-1-2-6-13/h3-4,7-8H,1-2,5-6H2. The average Bonchev–Trinajstić information content (AvgIpc) is 2.96. The zero-order chi connectivity index (χ0) is 12.6. The Bertz CT molecular complexity index is 483. The number of carbonyl (C=O) groups is 2. The van der Waals surface area contributed by atoms with Crippen molar-refractivity contribution in [1.82, 2.24) is 0 Å². The van der Waals surface area contributed by atoms with Crippen LogP contribution < -0.4 is 0 Å². The minimum absolute atomic E-state index is 0.123. The lowest BCUT2D eigenvalue weighted by molar-refractivity contribution is -0.232. The van der Waals surface area contributed by atoms with Gasteiger partial charge in [-0.05, 0) is 25.0 Å². The molecule has 0 N–H and O–H groups in total. The Labute approximate surface area is 103 Å². The van der Waals surface area contributed by atoms with Crippen LogP contribution in [0.4, 0.5) is 0 Å². The fourth-order valence-electron chi connectivity index (χ4n) is 2.30. The first-order valence-electron chi connectivity index (χ1n) is 5.90. The van der Waals surface area contributed by atoms with Crippen molar-refractivity contribution in [3.8, 4) is 0 Å². The van der Waals surface area contributed by atoms with Crippen LogP contribution in [0.25, 0.3) is 6.08 Å². The number of esters is 2. The summed E-state index contributed by atoms with van der Waals surface area (Å²) in [6.07, 6.45) is 5.77. The molecule has 5 heteroatoms. The average molecular weight is 248 g/mol. The molecule has 0 unspecified atom stereocenters. The molecule has 0 bridgehead atoms. The largest absolute Gasteiger partial charge is 0.465 e. The van der Waals surface area contributed by atoms with Crippen molar-refractivity contribution in [2.45, 2.75) is 31.5 Å². The molecular weight excluding hydrogens is 236 g/mol. The lowest BCUT2D eigenvalue weighted by Crippen LogP contribution is -2.44. The zero-order valence-corrected chi connectivity index (χ0v) is 9.68. The molecular formula is C13H12O5. The van der Waals surface area contributed by atoms with Gasteiger partial charge in [0, 0.05) is 18.9 Å². The van der Waals surface area contributed by atoms with Crippen LogP contribution in [-0.2, 0) is 19.1 Å². The maximum absolute atomic E-state index is 11.9. The molecule has 2 heterocycles. The molecule has 5 nitrogen and oxygen atoms in total. The molecule has 0 aromatic carbocycles. The molecule has 18 heavy (non-hydrogen) atoms. The van der Waals surface area contributed by atoms with Gasteiger partial charge in [-0.3, -0.25) is 0 Å². The third-order valence-corrected chi connectivity index (χ3v) is 3.19. The number of rotatable bonds is 1. The molecule has 94 valence electrons. The van der Waals surface area contributed by atoms with Gasteiger partial charge in [-0.1, -0.05) is 0 Å². The second kappa shape index (κ2) is 4.01. The van der Waals surface area contributed by atoms with Crippen molar-refractivity contribution < 1.29 is 23.5 Å². The lowest BCUT2D eigenvalue weighted by atomic mass is 10.1. The van der Waals surface area contributed by atoms with Crippen LogP contribution in [0.2, 0.25) is 0 Å². The maximum atomic E-state index is 11.9. The highest BCUT2D eigenvalue weighted by Gasteiger charge is 2.47. The van der Waals surface area contributed by atoms with Crippen molar-refractivity contribution in [1.29, 1.82) is 0 Å². The topological polar surface area (TPSA) is 65.7 Å². The molecule has 2 fully saturated rings. The molecule has 0 radical (unpaired) electrons. The van der Waals surface area contributed by atoms with E-state index in [9.17, 15) is 9.59 Å². The zero-order valence-electron chi connectivity index (χ0n) is 9.68. The molecule has 1 spiro atoms. The van der Waals surface area contributed by atoms with E-state index in [0.29, 0.717) is 18.6 Å². The highest BCUT2D eigenvalue weighted by molar-refractivity contribution is 6.18. The van der Waals surface area contributed by atoms with Gasteiger partial charge in [0.25, 0.3) is 5.79 Å². The molecule has 0 amide bonds. The van der Waals surface area contributed by atoms with E-state index in [2.05, 4.69) is 0 Å². The van der Waals surface area contributed by atoms with Crippen LogP contribution in [-0.4, -0.2) is 17.7 Å². The molecule has 1 saturated carbocycles. The van der Waals surface area contributed by atoms with Crippen LogP contribution in [0.15, 0.2) is 28.4 Å². The highest BCUT2D eigenvalue weighted by Crippen LogP contribution is 2.38. The summed E-state index contributed by atoms with van der Waals surface area (Å²) in [5.41, 5.74) is -0.123. The van der Waals surface area contributed by atoms with Crippen LogP contribution in [0.1, 0.15) is 31.4 Å². The van der Waals surface area contributed by atoms with Gasteiger partial charge in [0.05, 0.1) is 6.26 Å². The predicted molar refractivity (Wildman–Crippen MR) is 60.1 cm³/mol. The summed E-state index contributed by atoms with van der Waals surface area (Å²) in [5.74, 6) is -1.87. The Kier molecular flexibility index (Phi) is 2.47. The van der Waals surface area contributed by atoms with Gasteiger partial charge in [-0.25, -0.2) is 9.59 Å². The molecule has 1 saturated heterocycles. The number of ether oxygens (including phenoxy) is 2. The highest BCUT2D eigenvalue weighted by atomic mass is 16.7. The first kappa shape index (κ1) is 11.1. The Balaban J connectivity index is 1.87. The van der Waals surface area contributed by atoms with Gasteiger partial charge in [0.15, 0.2) is 0 Å². The second-order valence-electron chi connectivity index (χ2n) is 4.47. The van der Waals surface area contributed by atoms with Crippen LogP contribution in [0, 0.1) is 0 Å². The fourth-order valence-corrected chi connectivity index (χ4v) is 2.30. The molecule has 1 aliphatic heterocycles. The third kappa shape index (κ3) is 1.81. The summed E-state index contributed by atoms with van der Waals surface area (Å²) in [4.78, 5) is 23.7. The number of carbonyl (C=O) groups excluding carboxylic acids is 2. The summed E-state index contributed by atoms with van der Waals surface area (Å²) >= 11 is 0. The van der Waals surface area contributed by atoms with E-state index in [1.807, 2.05) is 0 Å². The van der Waals surface area contributed by atoms with Crippen molar-refractivity contribution in [2.24, 2.45) is 0 Å². The maximum Gasteiger partial charge on any atom is 0.349 e. The van der Waals surface area contributed by atoms with Crippen molar-refractivity contribution >= 4 is 18.0 Å². The van der Waals surface area contributed by atoms with Crippen LogP contribution in [0.3, 0.4) is 0 Å². The summed E-state index contributed by atoms with van der Waals surface area (Å²) in [6, 6.07) is 3.32. The normalized spacial score (nSPS) is 21.9. The first-order chi connectivity index (χ1) is 8.69. The molecule has 1 aromatic heterocycles. The summed E-state index contributed by atoms with van der Waals surface area (Å²) in [7, 11) is 0. The minimum Gasteiger partial charge on any atom is -0.465 e. The number of hydrogen-bond acceptors (Lipinski definition) is 5. The Morgan fingerprint density at radius 2 is 1.78 bits per heavy atom. The predicted octanol–water partition coefficient (Wildman–Crippen LogP) is 2.03. The third-order valence-electron chi connectivity index (χ3n) is 3.19. The Morgan fingerprint density at radius 1 is 1.11 bits per heavy atom. The van der Waals surface area contributed by atoms with Gasteiger partial charge in [-0.15, -0.1) is 0 Å². The molecule has 2 aliphatic rings. The molecule has 3 rings (SSSR count). The van der Waals surface area contributed by atoms with E-state index in [-0.39, 0.29) is 5.57 Å². The SMILES string of the molecule is O=C1OC2(CCCC2)OC(=O)C1=Cc1ccco1. The van der Waals surface area contributed by atoms with Gasteiger partial charge >= 0.3 is 11.9 Å². The Hall–Kier alpha value is -2.04.